The summed E-state index contributed by atoms with van der Waals surface area (Å²) in [4.78, 5) is 27.9. The van der Waals surface area contributed by atoms with Gasteiger partial charge in [0.2, 0.25) is 0 Å². The molecule has 0 heterocycles. The molecule has 0 bridgehead atoms. The van der Waals surface area contributed by atoms with E-state index in [1.807, 2.05) is 68.4 Å². The van der Waals surface area contributed by atoms with Crippen molar-refractivity contribution >= 4 is 17.6 Å². The van der Waals surface area contributed by atoms with Gasteiger partial charge in [0.25, 0.3) is 5.91 Å². The van der Waals surface area contributed by atoms with E-state index in [1.54, 1.807) is 20.0 Å². The quantitative estimate of drug-likeness (QED) is 0.655. The molecule has 150 valence electrons. The Morgan fingerprint density at radius 1 is 1.04 bits per heavy atom. The minimum Gasteiger partial charge on any atom is -0.479 e. The van der Waals surface area contributed by atoms with Crippen LogP contribution in [0.3, 0.4) is 0 Å². The standard InChI is InChI=1S/C22H28N2O4/c1-16-7-6-8-20(13-16)28-17(2)22(26)27-15-21(25)24(5)14-18-9-11-19(12-10-18)23(3)4/h6-13,17H,14-15H2,1-5H3/t17-/m1/s1. The molecule has 2 aromatic rings. The maximum atomic E-state index is 12.3. The first kappa shape index (κ1) is 21.3. The number of carbonyl (C=O) groups excluding carboxylic acids is 2. The summed E-state index contributed by atoms with van der Waals surface area (Å²) < 4.78 is 10.7. The third kappa shape index (κ3) is 6.30. The largest absolute Gasteiger partial charge is 0.479 e. The van der Waals surface area contributed by atoms with Crippen LogP contribution < -0.4 is 9.64 Å². The van der Waals surface area contributed by atoms with Crippen molar-refractivity contribution in [3.63, 3.8) is 0 Å². The molecule has 2 aromatic carbocycles. The SMILES string of the molecule is Cc1cccc(O[C@H](C)C(=O)OCC(=O)N(C)Cc2ccc(N(C)C)cc2)c1. The lowest BCUT2D eigenvalue weighted by atomic mass is 10.2. The van der Waals surface area contributed by atoms with Gasteiger partial charge in [0.05, 0.1) is 0 Å². The van der Waals surface area contributed by atoms with Gasteiger partial charge < -0.3 is 19.3 Å². The molecule has 2 rings (SSSR count). The molecule has 0 aliphatic carbocycles. The number of rotatable bonds is 8. The molecular weight excluding hydrogens is 356 g/mol. The molecule has 6 nitrogen and oxygen atoms in total. The molecule has 0 radical (unpaired) electrons. The Bertz CT molecular complexity index is 802. The molecule has 0 saturated carbocycles. The van der Waals surface area contributed by atoms with E-state index in [0.29, 0.717) is 12.3 Å². The van der Waals surface area contributed by atoms with Gasteiger partial charge in [0.1, 0.15) is 5.75 Å². The minimum atomic E-state index is -0.793. The van der Waals surface area contributed by atoms with E-state index in [9.17, 15) is 9.59 Å². The second-order valence-electron chi connectivity index (χ2n) is 6.99. The second-order valence-corrected chi connectivity index (χ2v) is 6.99. The molecule has 28 heavy (non-hydrogen) atoms. The van der Waals surface area contributed by atoms with E-state index < -0.39 is 12.1 Å². The number of ether oxygens (including phenoxy) is 2. The fraction of sp³-hybridized carbons (Fsp3) is 0.364. The average molecular weight is 384 g/mol. The highest BCUT2D eigenvalue weighted by Gasteiger charge is 2.19. The summed E-state index contributed by atoms with van der Waals surface area (Å²) in [6, 6.07) is 15.4. The summed E-state index contributed by atoms with van der Waals surface area (Å²) in [5.41, 5.74) is 3.13. The highest BCUT2D eigenvalue weighted by Crippen LogP contribution is 2.15. The number of amides is 1. The summed E-state index contributed by atoms with van der Waals surface area (Å²) >= 11 is 0. The Hall–Kier alpha value is -3.02. The van der Waals surface area contributed by atoms with Gasteiger partial charge in [0, 0.05) is 33.4 Å². The molecule has 0 fully saturated rings. The molecule has 0 aliphatic rings. The fourth-order valence-electron chi connectivity index (χ4n) is 2.56. The number of aryl methyl sites for hydroxylation is 1. The molecule has 0 saturated heterocycles. The van der Waals surface area contributed by atoms with Crippen molar-refractivity contribution in [2.75, 3.05) is 32.6 Å². The lowest BCUT2D eigenvalue weighted by molar-refractivity contribution is -0.157. The fourth-order valence-corrected chi connectivity index (χ4v) is 2.56. The maximum absolute atomic E-state index is 12.3. The third-order valence-electron chi connectivity index (χ3n) is 4.27. The number of likely N-dealkylation sites (N-methyl/N-ethyl adjacent to an activating group) is 1. The predicted octanol–water partition coefficient (Wildman–Crippen LogP) is 3.03. The number of hydrogen-bond acceptors (Lipinski definition) is 5. The minimum absolute atomic E-state index is 0.271. The van der Waals surface area contributed by atoms with Crippen LogP contribution in [0.2, 0.25) is 0 Å². The van der Waals surface area contributed by atoms with Crippen molar-refractivity contribution in [3.8, 4) is 5.75 Å². The van der Waals surface area contributed by atoms with Gasteiger partial charge in [-0.25, -0.2) is 4.79 Å². The summed E-state index contributed by atoms with van der Waals surface area (Å²) in [5, 5.41) is 0. The molecule has 0 N–H and O–H groups in total. The van der Waals surface area contributed by atoms with Gasteiger partial charge in [-0.3, -0.25) is 4.79 Å². The van der Waals surface area contributed by atoms with E-state index >= 15 is 0 Å². The summed E-state index contributed by atoms with van der Waals surface area (Å²) in [7, 11) is 5.63. The number of carbonyl (C=O) groups is 2. The van der Waals surface area contributed by atoms with Crippen LogP contribution in [0.15, 0.2) is 48.5 Å². The number of hydrogen-bond donors (Lipinski definition) is 0. The molecule has 0 aliphatic heterocycles. The van der Waals surface area contributed by atoms with Gasteiger partial charge in [-0.15, -0.1) is 0 Å². The zero-order valence-corrected chi connectivity index (χ0v) is 17.1. The Morgan fingerprint density at radius 3 is 2.32 bits per heavy atom. The van der Waals surface area contributed by atoms with Gasteiger partial charge in [-0.1, -0.05) is 24.3 Å². The van der Waals surface area contributed by atoms with Crippen LogP contribution in [0.25, 0.3) is 0 Å². The molecule has 6 heteroatoms. The predicted molar refractivity (Wildman–Crippen MR) is 109 cm³/mol. The lowest BCUT2D eigenvalue weighted by Crippen LogP contribution is -2.34. The Balaban J connectivity index is 1.80. The first-order chi connectivity index (χ1) is 13.3. The summed E-state index contributed by atoms with van der Waals surface area (Å²) in [5.74, 6) is -0.250. The van der Waals surface area contributed by atoms with Crippen LogP contribution in [0.1, 0.15) is 18.1 Å². The Morgan fingerprint density at radius 2 is 1.71 bits per heavy atom. The normalized spacial score (nSPS) is 11.5. The van der Waals surface area contributed by atoms with Crippen LogP contribution in [-0.2, 0) is 20.9 Å². The van der Waals surface area contributed by atoms with Crippen LogP contribution in [-0.4, -0.2) is 50.6 Å². The van der Waals surface area contributed by atoms with Crippen molar-refractivity contribution in [2.45, 2.75) is 26.5 Å². The van der Waals surface area contributed by atoms with Crippen LogP contribution in [0, 0.1) is 6.92 Å². The Labute approximate surface area is 166 Å². The third-order valence-corrected chi connectivity index (χ3v) is 4.27. The van der Waals surface area contributed by atoms with Crippen molar-refractivity contribution in [1.82, 2.24) is 4.90 Å². The monoisotopic (exact) mass is 384 g/mol. The molecule has 0 spiro atoms. The number of benzene rings is 2. The van der Waals surface area contributed by atoms with E-state index in [1.165, 1.54) is 4.90 Å². The number of anilines is 1. The van der Waals surface area contributed by atoms with Gasteiger partial charge in [0.15, 0.2) is 12.7 Å². The molecule has 1 atom stereocenters. The van der Waals surface area contributed by atoms with Crippen molar-refractivity contribution in [3.05, 3.63) is 59.7 Å². The molecule has 0 unspecified atom stereocenters. The van der Waals surface area contributed by atoms with E-state index in [4.69, 9.17) is 9.47 Å². The van der Waals surface area contributed by atoms with Gasteiger partial charge >= 0.3 is 5.97 Å². The zero-order valence-electron chi connectivity index (χ0n) is 17.1. The van der Waals surface area contributed by atoms with Gasteiger partial charge in [-0.05, 0) is 49.2 Å². The van der Waals surface area contributed by atoms with Gasteiger partial charge in [-0.2, -0.15) is 0 Å². The van der Waals surface area contributed by atoms with Crippen LogP contribution in [0.5, 0.6) is 5.75 Å². The second kappa shape index (κ2) is 9.78. The maximum Gasteiger partial charge on any atom is 0.347 e. The summed E-state index contributed by atoms with van der Waals surface area (Å²) in [6.45, 7) is 3.68. The number of nitrogens with zero attached hydrogens (tertiary/aromatic N) is 2. The van der Waals surface area contributed by atoms with E-state index in [2.05, 4.69) is 0 Å². The lowest BCUT2D eigenvalue weighted by Gasteiger charge is -2.19. The highest BCUT2D eigenvalue weighted by molar-refractivity contribution is 5.82. The average Bonchev–Trinajstić information content (AvgIpc) is 2.66. The zero-order chi connectivity index (χ0) is 20.7. The highest BCUT2D eigenvalue weighted by atomic mass is 16.6. The first-order valence-electron chi connectivity index (χ1n) is 9.16. The Kier molecular flexibility index (Phi) is 7.44. The van der Waals surface area contributed by atoms with Crippen LogP contribution in [0.4, 0.5) is 5.69 Å². The number of esters is 1. The van der Waals surface area contributed by atoms with E-state index in [-0.39, 0.29) is 12.5 Å². The summed E-state index contributed by atoms with van der Waals surface area (Å²) in [6.07, 6.45) is -0.793. The van der Waals surface area contributed by atoms with Crippen LogP contribution >= 0.6 is 0 Å². The van der Waals surface area contributed by atoms with Crippen molar-refractivity contribution in [2.24, 2.45) is 0 Å². The van der Waals surface area contributed by atoms with E-state index in [0.717, 1.165) is 16.8 Å². The topological polar surface area (TPSA) is 59.1 Å². The van der Waals surface area contributed by atoms with Crippen molar-refractivity contribution < 1.29 is 19.1 Å². The molecule has 1 amide bonds. The van der Waals surface area contributed by atoms with Crippen molar-refractivity contribution in [1.29, 1.82) is 0 Å². The molecule has 0 aromatic heterocycles. The first-order valence-corrected chi connectivity index (χ1v) is 9.16. The smallest absolute Gasteiger partial charge is 0.347 e. The molecular formula is C22H28N2O4.